The van der Waals surface area contributed by atoms with Gasteiger partial charge in [-0.25, -0.2) is 0 Å². The molecule has 0 saturated carbocycles. The number of aliphatic hydroxyl groups excluding tert-OH is 2. The van der Waals surface area contributed by atoms with Gasteiger partial charge in [-0.15, -0.1) is 0 Å². The van der Waals surface area contributed by atoms with E-state index >= 15 is 0 Å². The van der Waals surface area contributed by atoms with E-state index in [0.29, 0.717) is 6.61 Å². The molecule has 0 unspecified atom stereocenters. The van der Waals surface area contributed by atoms with Crippen LogP contribution in [-0.4, -0.2) is 55.6 Å². The van der Waals surface area contributed by atoms with E-state index in [0.717, 1.165) is 17.4 Å². The second-order valence-electron chi connectivity index (χ2n) is 3.41. The molecule has 0 amide bonds. The number of nitrogens with zero attached hydrogens (tertiary/aromatic N) is 1. The van der Waals surface area contributed by atoms with Gasteiger partial charge in [0.15, 0.2) is 0 Å². The molecule has 3 heteroatoms. The minimum Gasteiger partial charge on any atom is -0.397 e. The van der Waals surface area contributed by atoms with Crippen LogP contribution in [0.15, 0.2) is 0 Å². The molecule has 0 aromatic carbocycles. The zero-order valence-corrected chi connectivity index (χ0v) is 8.17. The molecule has 11 heavy (non-hydrogen) atoms. The highest BCUT2D eigenvalue weighted by Crippen LogP contribution is 1.90. The smallest absolute Gasteiger partial charge is 0.0802 e. The van der Waals surface area contributed by atoms with Crippen LogP contribution in [-0.2, 0) is 0 Å². The van der Waals surface area contributed by atoms with Crippen molar-refractivity contribution in [3.05, 3.63) is 0 Å². The van der Waals surface area contributed by atoms with Crippen LogP contribution >= 0.6 is 0 Å². The fourth-order valence-corrected chi connectivity index (χ4v) is 0.545. The van der Waals surface area contributed by atoms with Gasteiger partial charge in [0.2, 0.25) is 0 Å². The molecule has 0 aliphatic rings. The van der Waals surface area contributed by atoms with E-state index in [2.05, 4.69) is 21.1 Å². The summed E-state index contributed by atoms with van der Waals surface area (Å²) in [5, 5.41) is 16.0. The minimum atomic E-state index is 0.250. The third kappa shape index (κ3) is 25.8. The van der Waals surface area contributed by atoms with Crippen LogP contribution in [0.1, 0.15) is 13.3 Å². The molecule has 0 aliphatic carbocycles. The molecular formula is C8H22NO2+. The van der Waals surface area contributed by atoms with Gasteiger partial charge in [-0.2, -0.15) is 0 Å². The number of aliphatic hydroxyl groups is 2. The highest BCUT2D eigenvalue weighted by atomic mass is 16.3. The molecule has 0 rings (SSSR count). The van der Waals surface area contributed by atoms with E-state index in [1.54, 1.807) is 6.92 Å². The maximum atomic E-state index is 8.42. The van der Waals surface area contributed by atoms with Crippen molar-refractivity contribution in [1.82, 2.24) is 0 Å². The average Bonchev–Trinajstić information content (AvgIpc) is 1.84. The molecule has 70 valence electrons. The number of hydrogen-bond acceptors (Lipinski definition) is 2. The topological polar surface area (TPSA) is 40.5 Å². The molecule has 0 bridgehead atoms. The summed E-state index contributed by atoms with van der Waals surface area (Å²) in [6.45, 7) is 3.30. The van der Waals surface area contributed by atoms with Crippen molar-refractivity contribution in [2.45, 2.75) is 13.3 Å². The third-order valence-corrected chi connectivity index (χ3v) is 0.987. The molecule has 0 spiro atoms. The van der Waals surface area contributed by atoms with E-state index in [9.17, 15) is 0 Å². The van der Waals surface area contributed by atoms with E-state index in [1.165, 1.54) is 0 Å². The van der Waals surface area contributed by atoms with Crippen LogP contribution < -0.4 is 0 Å². The summed E-state index contributed by atoms with van der Waals surface area (Å²) >= 11 is 0. The molecule has 0 radical (unpaired) electrons. The Hall–Kier alpha value is -0.120. The fraction of sp³-hybridized carbons (Fsp3) is 1.00. The summed E-state index contributed by atoms with van der Waals surface area (Å²) in [5.41, 5.74) is 0. The normalized spacial score (nSPS) is 10.4. The Bertz CT molecular complexity index is 69.0. The predicted octanol–water partition coefficient (Wildman–Crippen LogP) is 0.0736. The highest BCUT2D eigenvalue weighted by molar-refractivity contribution is 4.28. The van der Waals surface area contributed by atoms with Gasteiger partial charge in [0.05, 0.1) is 27.7 Å². The van der Waals surface area contributed by atoms with Gasteiger partial charge in [-0.3, -0.25) is 0 Å². The summed E-state index contributed by atoms with van der Waals surface area (Å²) in [4.78, 5) is 0. The fourth-order valence-electron chi connectivity index (χ4n) is 0.545. The number of rotatable bonds is 3. The van der Waals surface area contributed by atoms with Crippen molar-refractivity contribution in [1.29, 1.82) is 0 Å². The van der Waals surface area contributed by atoms with Gasteiger partial charge in [-0.05, 0) is 6.92 Å². The van der Waals surface area contributed by atoms with Crippen LogP contribution in [0, 0.1) is 0 Å². The summed E-state index contributed by atoms with van der Waals surface area (Å²) in [6, 6.07) is 0. The summed E-state index contributed by atoms with van der Waals surface area (Å²) in [6.07, 6.45) is 0.906. The Morgan fingerprint density at radius 1 is 1.09 bits per heavy atom. The van der Waals surface area contributed by atoms with Gasteiger partial charge >= 0.3 is 0 Å². The second-order valence-corrected chi connectivity index (χ2v) is 3.41. The lowest BCUT2D eigenvalue weighted by atomic mass is 10.4. The zero-order valence-electron chi connectivity index (χ0n) is 8.17. The monoisotopic (exact) mass is 164 g/mol. The van der Waals surface area contributed by atoms with Gasteiger partial charge in [0.1, 0.15) is 0 Å². The van der Waals surface area contributed by atoms with E-state index < -0.39 is 0 Å². The highest BCUT2D eigenvalue weighted by Gasteiger charge is 2.03. The predicted molar refractivity (Wildman–Crippen MR) is 47.4 cm³/mol. The molecule has 0 aromatic heterocycles. The first-order valence-corrected chi connectivity index (χ1v) is 4.00. The first kappa shape index (κ1) is 13.5. The standard InChI is InChI=1S/C6H16NO.C2H6O/c1-7(2,3)5-4-6-8;1-2-3/h8H,4-6H2,1-3H3;3H,2H2,1H3/q+1;. The Kier molecular flexibility index (Phi) is 9.77. The third-order valence-electron chi connectivity index (χ3n) is 0.987. The quantitative estimate of drug-likeness (QED) is 0.580. The van der Waals surface area contributed by atoms with Crippen LogP contribution in [0.5, 0.6) is 0 Å². The second kappa shape index (κ2) is 7.98. The van der Waals surface area contributed by atoms with Gasteiger partial charge in [0, 0.05) is 19.6 Å². The Morgan fingerprint density at radius 3 is 1.55 bits per heavy atom. The van der Waals surface area contributed by atoms with E-state index in [4.69, 9.17) is 10.2 Å². The molecule has 0 saturated heterocycles. The first-order chi connectivity index (χ1) is 4.97. The minimum absolute atomic E-state index is 0.250. The summed E-state index contributed by atoms with van der Waals surface area (Å²) in [5.74, 6) is 0. The lowest BCUT2D eigenvalue weighted by Crippen LogP contribution is -2.35. The van der Waals surface area contributed by atoms with Crippen LogP contribution in [0.3, 0.4) is 0 Å². The first-order valence-electron chi connectivity index (χ1n) is 4.00. The number of hydrogen-bond donors (Lipinski definition) is 2. The average molecular weight is 164 g/mol. The van der Waals surface area contributed by atoms with Crippen molar-refractivity contribution in [2.75, 3.05) is 40.9 Å². The maximum absolute atomic E-state index is 8.42. The molecule has 0 fully saturated rings. The molecule has 0 heterocycles. The van der Waals surface area contributed by atoms with Crippen molar-refractivity contribution in [3.63, 3.8) is 0 Å². The van der Waals surface area contributed by atoms with Gasteiger partial charge in [-0.1, -0.05) is 0 Å². The van der Waals surface area contributed by atoms with Crippen molar-refractivity contribution >= 4 is 0 Å². The van der Waals surface area contributed by atoms with Crippen LogP contribution in [0.25, 0.3) is 0 Å². The molecule has 0 aromatic rings. The van der Waals surface area contributed by atoms with Crippen LogP contribution in [0.2, 0.25) is 0 Å². The largest absolute Gasteiger partial charge is 0.397 e. The molecular weight excluding hydrogens is 142 g/mol. The maximum Gasteiger partial charge on any atom is 0.0802 e. The molecule has 2 N–H and O–H groups in total. The summed E-state index contributed by atoms with van der Waals surface area (Å²) in [7, 11) is 6.36. The Balaban J connectivity index is 0. The van der Waals surface area contributed by atoms with Gasteiger partial charge in [0.25, 0.3) is 0 Å². The lowest BCUT2D eigenvalue weighted by molar-refractivity contribution is -0.870. The van der Waals surface area contributed by atoms with Crippen molar-refractivity contribution in [3.8, 4) is 0 Å². The zero-order chi connectivity index (χ0) is 9.33. The molecule has 0 aliphatic heterocycles. The summed E-state index contributed by atoms with van der Waals surface area (Å²) < 4.78 is 0.945. The van der Waals surface area contributed by atoms with Crippen molar-refractivity contribution < 1.29 is 14.7 Å². The van der Waals surface area contributed by atoms with Gasteiger partial charge < -0.3 is 14.7 Å². The Morgan fingerprint density at radius 2 is 1.45 bits per heavy atom. The van der Waals surface area contributed by atoms with Crippen LogP contribution in [0.4, 0.5) is 0 Å². The SMILES string of the molecule is CCO.C[N+](C)(C)CCCO. The number of quaternary nitrogens is 1. The van der Waals surface area contributed by atoms with E-state index in [1.807, 2.05) is 0 Å². The van der Waals surface area contributed by atoms with Crippen molar-refractivity contribution in [2.24, 2.45) is 0 Å². The molecule has 3 nitrogen and oxygen atoms in total. The molecule has 0 atom stereocenters. The van der Waals surface area contributed by atoms with E-state index in [-0.39, 0.29) is 6.61 Å². The lowest BCUT2D eigenvalue weighted by Gasteiger charge is -2.22. The Labute approximate surface area is 69.9 Å².